The molecule has 5 nitrogen and oxygen atoms in total. The Labute approximate surface area is 207 Å². The summed E-state index contributed by atoms with van der Waals surface area (Å²) in [5.41, 5.74) is 0.834. The van der Waals surface area contributed by atoms with E-state index in [9.17, 15) is 27.2 Å². The third kappa shape index (κ3) is 6.61. The largest absolute Gasteiger partial charge is 0.416 e. The molecule has 0 N–H and O–H groups in total. The fourth-order valence-corrected chi connectivity index (χ4v) is 5.38. The van der Waals surface area contributed by atoms with Gasteiger partial charge in [-0.05, 0) is 42.5 Å². The summed E-state index contributed by atoms with van der Waals surface area (Å²) >= 11 is 2.61. The minimum absolute atomic E-state index is 0.0991. The van der Waals surface area contributed by atoms with Gasteiger partial charge in [0, 0.05) is 42.8 Å². The highest BCUT2D eigenvalue weighted by molar-refractivity contribution is 8.01. The quantitative estimate of drug-likeness (QED) is 0.243. The maximum Gasteiger partial charge on any atom is 0.416 e. The van der Waals surface area contributed by atoms with Crippen LogP contribution in [0.25, 0.3) is 0 Å². The first kappa shape index (κ1) is 25.2. The van der Waals surface area contributed by atoms with Crippen LogP contribution in [0.2, 0.25) is 0 Å². The van der Waals surface area contributed by atoms with Gasteiger partial charge < -0.3 is 9.80 Å². The number of ketones is 1. The van der Waals surface area contributed by atoms with Gasteiger partial charge in [-0.1, -0.05) is 17.8 Å². The molecule has 0 spiro atoms. The van der Waals surface area contributed by atoms with Gasteiger partial charge >= 0.3 is 6.18 Å². The fourth-order valence-electron chi connectivity index (χ4n) is 3.64. The Bertz CT molecular complexity index is 1190. The second-order valence-electron chi connectivity index (χ2n) is 7.92. The number of rotatable bonds is 7. The summed E-state index contributed by atoms with van der Waals surface area (Å²) in [4.78, 5) is 32.9. The highest BCUT2D eigenvalue weighted by Gasteiger charge is 2.31. The van der Waals surface area contributed by atoms with Crippen molar-refractivity contribution in [3.63, 3.8) is 0 Å². The molecule has 0 aliphatic carbocycles. The standard InChI is InChI=1S/C24H21F4N3O2S2/c25-18-6-4-16(5-7-18)21(32)15-35-23-29-19(14-34-23)13-22(33)31-10-8-30(9-11-31)20-3-1-2-17(12-20)24(26,27)28/h1-7,12,14H,8-11,13,15H2. The van der Waals surface area contributed by atoms with E-state index in [0.717, 1.165) is 12.1 Å². The molecule has 4 rings (SSSR count). The number of thiazole rings is 1. The normalized spacial score (nSPS) is 14.3. The van der Waals surface area contributed by atoms with Gasteiger partial charge in [0.15, 0.2) is 10.1 Å². The molecule has 11 heteroatoms. The molecule has 1 aromatic heterocycles. The summed E-state index contributed by atoms with van der Waals surface area (Å²) in [5.74, 6) is -0.482. The second kappa shape index (κ2) is 10.8. The van der Waals surface area contributed by atoms with Gasteiger partial charge in [0.2, 0.25) is 5.91 Å². The lowest BCUT2D eigenvalue weighted by atomic mass is 10.1. The summed E-state index contributed by atoms with van der Waals surface area (Å²) in [5, 5.41) is 1.78. The monoisotopic (exact) mass is 523 g/mol. The van der Waals surface area contributed by atoms with Crippen LogP contribution in [-0.4, -0.2) is 53.5 Å². The van der Waals surface area contributed by atoms with Gasteiger partial charge in [0.1, 0.15) is 5.82 Å². The zero-order valence-corrected chi connectivity index (χ0v) is 20.1. The topological polar surface area (TPSA) is 53.5 Å². The van der Waals surface area contributed by atoms with E-state index in [1.54, 1.807) is 16.3 Å². The molecule has 1 saturated heterocycles. The predicted octanol–water partition coefficient (Wildman–Crippen LogP) is 5.17. The number of anilines is 1. The highest BCUT2D eigenvalue weighted by Crippen LogP contribution is 2.32. The van der Waals surface area contributed by atoms with Crippen LogP contribution >= 0.6 is 23.1 Å². The summed E-state index contributed by atoms with van der Waals surface area (Å²) in [6.07, 6.45) is -4.28. The first-order chi connectivity index (χ1) is 16.7. The molecule has 1 aliphatic rings. The molecule has 1 aliphatic heterocycles. The number of alkyl halides is 3. The lowest BCUT2D eigenvalue weighted by Gasteiger charge is -2.36. The molecular formula is C24H21F4N3O2S2. The van der Waals surface area contributed by atoms with Gasteiger partial charge in [0.25, 0.3) is 0 Å². The van der Waals surface area contributed by atoms with E-state index in [1.807, 2.05) is 4.90 Å². The molecule has 0 atom stereocenters. The number of Topliss-reactive ketones (excluding diaryl/α,β-unsaturated/α-hetero) is 1. The van der Waals surface area contributed by atoms with Gasteiger partial charge in [0.05, 0.1) is 23.4 Å². The molecule has 0 unspecified atom stereocenters. The number of aromatic nitrogens is 1. The summed E-state index contributed by atoms with van der Waals surface area (Å²) in [6, 6.07) is 10.6. The number of amides is 1. The Kier molecular flexibility index (Phi) is 7.75. The number of carbonyl (C=O) groups is 2. The van der Waals surface area contributed by atoms with Crippen molar-refractivity contribution in [2.75, 3.05) is 36.8 Å². The van der Waals surface area contributed by atoms with Crippen molar-refractivity contribution in [1.29, 1.82) is 0 Å². The van der Waals surface area contributed by atoms with Crippen LogP contribution in [0.15, 0.2) is 58.3 Å². The van der Waals surface area contributed by atoms with Crippen LogP contribution in [-0.2, 0) is 17.4 Å². The van der Waals surface area contributed by atoms with Crippen molar-refractivity contribution < 1.29 is 27.2 Å². The van der Waals surface area contributed by atoms with E-state index in [4.69, 9.17) is 0 Å². The average Bonchev–Trinajstić information content (AvgIpc) is 3.30. The van der Waals surface area contributed by atoms with Gasteiger partial charge in [-0.15, -0.1) is 11.3 Å². The van der Waals surface area contributed by atoms with E-state index in [1.165, 1.54) is 53.4 Å². The molecule has 35 heavy (non-hydrogen) atoms. The Morgan fingerprint density at radius 3 is 2.43 bits per heavy atom. The lowest BCUT2D eigenvalue weighted by molar-refractivity contribution is -0.137. The number of hydrogen-bond donors (Lipinski definition) is 0. The third-order valence-corrected chi connectivity index (χ3v) is 7.60. The highest BCUT2D eigenvalue weighted by atomic mass is 32.2. The first-order valence-electron chi connectivity index (χ1n) is 10.7. The Morgan fingerprint density at radius 2 is 1.74 bits per heavy atom. The average molecular weight is 524 g/mol. The van der Waals surface area contributed by atoms with Crippen LogP contribution in [0.3, 0.4) is 0 Å². The van der Waals surface area contributed by atoms with Crippen LogP contribution in [0, 0.1) is 5.82 Å². The zero-order valence-electron chi connectivity index (χ0n) is 18.4. The van der Waals surface area contributed by atoms with E-state index in [2.05, 4.69) is 4.98 Å². The summed E-state index contributed by atoms with van der Waals surface area (Å²) < 4.78 is 52.6. The van der Waals surface area contributed by atoms with Crippen LogP contribution in [0.1, 0.15) is 21.6 Å². The minimum Gasteiger partial charge on any atom is -0.368 e. The number of hydrogen-bond acceptors (Lipinski definition) is 6. The first-order valence-corrected chi connectivity index (χ1v) is 12.6. The molecule has 0 saturated carbocycles. The fraction of sp³-hybridized carbons (Fsp3) is 0.292. The minimum atomic E-state index is -4.40. The number of benzene rings is 2. The van der Waals surface area contributed by atoms with Crippen LogP contribution < -0.4 is 4.90 Å². The van der Waals surface area contributed by atoms with E-state index in [-0.39, 0.29) is 23.9 Å². The maximum atomic E-state index is 13.0. The van der Waals surface area contributed by atoms with Gasteiger partial charge in [-0.2, -0.15) is 13.2 Å². The van der Waals surface area contributed by atoms with Gasteiger partial charge in [-0.25, -0.2) is 9.37 Å². The van der Waals surface area contributed by atoms with Gasteiger partial charge in [-0.3, -0.25) is 9.59 Å². The third-order valence-electron chi connectivity index (χ3n) is 5.53. The smallest absolute Gasteiger partial charge is 0.368 e. The molecule has 2 aromatic carbocycles. The number of piperazine rings is 1. The second-order valence-corrected chi connectivity index (χ2v) is 10.00. The molecule has 0 radical (unpaired) electrons. The van der Waals surface area contributed by atoms with Crippen molar-refractivity contribution in [3.05, 3.63) is 76.5 Å². The van der Waals surface area contributed by atoms with Crippen LogP contribution in [0.4, 0.5) is 23.2 Å². The SMILES string of the molecule is O=C(CSc1nc(CC(=O)N2CCN(c3cccc(C(F)(F)F)c3)CC2)cs1)c1ccc(F)cc1. The number of halogens is 4. The van der Waals surface area contributed by atoms with Crippen molar-refractivity contribution in [3.8, 4) is 0 Å². The van der Waals surface area contributed by atoms with Crippen molar-refractivity contribution >= 4 is 40.5 Å². The number of thioether (sulfide) groups is 1. The van der Waals surface area contributed by atoms with E-state index >= 15 is 0 Å². The summed E-state index contributed by atoms with van der Waals surface area (Å²) in [7, 11) is 0. The molecule has 184 valence electrons. The Balaban J connectivity index is 1.26. The predicted molar refractivity (Wildman–Crippen MR) is 128 cm³/mol. The molecule has 1 amide bonds. The maximum absolute atomic E-state index is 13.0. The summed E-state index contributed by atoms with van der Waals surface area (Å²) in [6.45, 7) is 1.70. The van der Waals surface area contributed by atoms with Crippen LogP contribution in [0.5, 0.6) is 0 Å². The molecule has 3 aromatic rings. The Morgan fingerprint density at radius 1 is 1.03 bits per heavy atom. The molecule has 2 heterocycles. The van der Waals surface area contributed by atoms with Crippen molar-refractivity contribution in [2.45, 2.75) is 16.9 Å². The molecule has 0 bridgehead atoms. The molecule has 1 fully saturated rings. The lowest BCUT2D eigenvalue weighted by Crippen LogP contribution is -2.49. The van der Waals surface area contributed by atoms with E-state index < -0.39 is 17.6 Å². The number of carbonyl (C=O) groups excluding carboxylic acids is 2. The zero-order chi connectivity index (χ0) is 25.0. The van der Waals surface area contributed by atoms with Crippen molar-refractivity contribution in [1.82, 2.24) is 9.88 Å². The molecular weight excluding hydrogens is 502 g/mol. The van der Waals surface area contributed by atoms with E-state index in [0.29, 0.717) is 47.5 Å². The Hall–Kier alpha value is -2.92. The van der Waals surface area contributed by atoms with Crippen molar-refractivity contribution in [2.24, 2.45) is 0 Å². The number of nitrogens with zero attached hydrogens (tertiary/aromatic N) is 3.